The molecule has 2 fully saturated rings. The molecule has 4 nitrogen and oxygen atoms in total. The Morgan fingerprint density at radius 2 is 2.04 bits per heavy atom. The van der Waals surface area contributed by atoms with E-state index in [4.69, 9.17) is 27.9 Å². The van der Waals surface area contributed by atoms with E-state index in [1.807, 2.05) is 39.8 Å². The minimum Gasteiger partial charge on any atom is -0.444 e. The van der Waals surface area contributed by atoms with Crippen LogP contribution in [-0.2, 0) is 10.2 Å². The summed E-state index contributed by atoms with van der Waals surface area (Å²) >= 11 is 12.3. The average Bonchev–Trinajstić information content (AvgIpc) is 3.17. The van der Waals surface area contributed by atoms with Crippen LogP contribution in [0.25, 0.3) is 0 Å². The van der Waals surface area contributed by atoms with Crippen molar-refractivity contribution in [2.75, 3.05) is 13.2 Å². The molecule has 6 heteroatoms. The van der Waals surface area contributed by atoms with E-state index < -0.39 is 5.60 Å². The molecule has 3 atom stereocenters. The van der Waals surface area contributed by atoms with Crippen LogP contribution in [0.2, 0.25) is 10.0 Å². The third kappa shape index (κ3) is 3.13. The van der Waals surface area contributed by atoms with Crippen LogP contribution < -0.4 is 0 Å². The highest BCUT2D eigenvalue weighted by atomic mass is 35.5. The number of benzene rings is 1. The zero-order valence-corrected chi connectivity index (χ0v) is 16.6. The molecule has 3 rings (SSSR count). The summed E-state index contributed by atoms with van der Waals surface area (Å²) in [4.78, 5) is 14.3. The number of piperidine rings is 1. The molecule has 0 radical (unpaired) electrons. The van der Waals surface area contributed by atoms with Gasteiger partial charge in [0.2, 0.25) is 0 Å². The molecule has 25 heavy (non-hydrogen) atoms. The van der Waals surface area contributed by atoms with Gasteiger partial charge < -0.3 is 14.7 Å². The van der Waals surface area contributed by atoms with Crippen molar-refractivity contribution >= 4 is 29.3 Å². The fourth-order valence-electron chi connectivity index (χ4n) is 4.27. The predicted molar refractivity (Wildman–Crippen MR) is 99.3 cm³/mol. The number of nitrogens with zero attached hydrogens (tertiary/aromatic N) is 1. The maximum absolute atomic E-state index is 12.6. The highest BCUT2D eigenvalue weighted by Gasteiger charge is 2.71. The molecule has 138 valence electrons. The first-order chi connectivity index (χ1) is 11.5. The Morgan fingerprint density at radius 3 is 2.60 bits per heavy atom. The molecule has 1 saturated carbocycles. The first kappa shape index (κ1) is 18.8. The van der Waals surface area contributed by atoms with Crippen molar-refractivity contribution in [2.45, 2.75) is 57.6 Å². The fraction of sp³-hybridized carbons (Fsp3) is 0.632. The number of ether oxygens (including phenoxy) is 1. The lowest BCUT2D eigenvalue weighted by molar-refractivity contribution is -0.00423. The second-order valence-corrected chi connectivity index (χ2v) is 9.30. The number of aliphatic hydroxyl groups is 1. The van der Waals surface area contributed by atoms with Crippen LogP contribution in [0.4, 0.5) is 4.79 Å². The Balaban J connectivity index is 1.88. The van der Waals surface area contributed by atoms with Crippen LogP contribution in [0.5, 0.6) is 0 Å². The lowest BCUT2D eigenvalue weighted by atomic mass is 9.78. The molecular weight excluding hydrogens is 361 g/mol. The quantitative estimate of drug-likeness (QED) is 0.806. The van der Waals surface area contributed by atoms with E-state index in [1.165, 1.54) is 0 Å². The zero-order valence-electron chi connectivity index (χ0n) is 15.1. The molecule has 1 aliphatic heterocycles. The van der Waals surface area contributed by atoms with Crippen molar-refractivity contribution in [3.05, 3.63) is 33.8 Å². The number of amides is 1. The SMILES string of the molecule is C[C@H]1CC2(c3ccc(Cl)c(Cl)c3)C[C@]2(CO)CN1C(=O)OC(C)(C)C. The number of carbonyl (C=O) groups excluding carboxylic acids is 1. The van der Waals surface area contributed by atoms with Crippen LogP contribution in [0.3, 0.4) is 0 Å². The van der Waals surface area contributed by atoms with Crippen molar-refractivity contribution in [3.63, 3.8) is 0 Å². The molecule has 1 saturated heterocycles. The summed E-state index contributed by atoms with van der Waals surface area (Å²) in [5, 5.41) is 11.2. The number of halogens is 2. The average molecular weight is 386 g/mol. The topological polar surface area (TPSA) is 49.8 Å². The minimum atomic E-state index is -0.537. The summed E-state index contributed by atoms with van der Waals surface area (Å²) in [6, 6.07) is 5.71. The summed E-state index contributed by atoms with van der Waals surface area (Å²) in [5.41, 5.74) is 0.0542. The first-order valence-electron chi connectivity index (χ1n) is 8.60. The number of hydrogen-bond donors (Lipinski definition) is 1. The van der Waals surface area contributed by atoms with Crippen LogP contribution in [-0.4, -0.2) is 40.9 Å². The van der Waals surface area contributed by atoms with Crippen molar-refractivity contribution in [2.24, 2.45) is 5.41 Å². The molecule has 1 N–H and O–H groups in total. The van der Waals surface area contributed by atoms with E-state index in [0.29, 0.717) is 16.6 Å². The molecular formula is C19H25Cl2NO3. The standard InChI is InChI=1S/C19H25Cl2NO3/c1-12-8-19(13-5-6-14(20)15(21)7-13)9-18(19,11-23)10-22(12)16(24)25-17(2,3)4/h5-7,12,23H,8-11H2,1-4H3/t12-,18+,19?/m0/s1. The normalized spacial score (nSPS) is 31.5. The largest absolute Gasteiger partial charge is 0.444 e. The van der Waals surface area contributed by atoms with E-state index in [-0.39, 0.29) is 29.6 Å². The number of rotatable bonds is 2. The predicted octanol–water partition coefficient (Wildman–Crippen LogP) is 4.64. The molecule has 0 aromatic heterocycles. The molecule has 2 aliphatic rings. The van der Waals surface area contributed by atoms with Gasteiger partial charge in [-0.05, 0) is 58.2 Å². The number of aliphatic hydroxyl groups excluding tert-OH is 1. The van der Waals surface area contributed by atoms with Crippen molar-refractivity contribution < 1.29 is 14.6 Å². The Bertz CT molecular complexity index is 702. The third-order valence-corrected chi connectivity index (χ3v) is 6.32. The molecule has 1 unspecified atom stereocenters. The van der Waals surface area contributed by atoms with Gasteiger partial charge in [-0.3, -0.25) is 0 Å². The van der Waals surface area contributed by atoms with E-state index in [9.17, 15) is 9.90 Å². The molecule has 1 aromatic carbocycles. The monoisotopic (exact) mass is 385 g/mol. The number of likely N-dealkylation sites (tertiary alicyclic amines) is 1. The van der Waals surface area contributed by atoms with Gasteiger partial charge in [-0.25, -0.2) is 4.79 Å². The van der Waals surface area contributed by atoms with Gasteiger partial charge in [0.15, 0.2) is 0 Å². The molecule has 0 bridgehead atoms. The van der Waals surface area contributed by atoms with E-state index >= 15 is 0 Å². The Morgan fingerprint density at radius 1 is 1.36 bits per heavy atom. The van der Waals surface area contributed by atoms with Crippen LogP contribution >= 0.6 is 23.2 Å². The highest BCUT2D eigenvalue weighted by Crippen LogP contribution is 2.69. The number of fused-ring (bicyclic) bond motifs is 1. The van der Waals surface area contributed by atoms with Gasteiger partial charge in [-0.1, -0.05) is 29.3 Å². The number of hydrogen-bond acceptors (Lipinski definition) is 3. The smallest absolute Gasteiger partial charge is 0.410 e. The van der Waals surface area contributed by atoms with E-state index in [0.717, 1.165) is 18.4 Å². The minimum absolute atomic E-state index is 0.0199. The van der Waals surface area contributed by atoms with Gasteiger partial charge in [0.25, 0.3) is 0 Å². The van der Waals surface area contributed by atoms with Crippen molar-refractivity contribution in [1.29, 1.82) is 0 Å². The molecule has 0 spiro atoms. The first-order valence-corrected chi connectivity index (χ1v) is 9.35. The Kier molecular flexibility index (Phi) is 4.54. The summed E-state index contributed by atoms with van der Waals surface area (Å²) < 4.78 is 5.54. The Labute approximate surface area is 159 Å². The number of carbonyl (C=O) groups is 1. The Hall–Kier alpha value is -0.970. The molecule has 1 aromatic rings. The van der Waals surface area contributed by atoms with Gasteiger partial charge in [-0.2, -0.15) is 0 Å². The second kappa shape index (κ2) is 6.04. The van der Waals surface area contributed by atoms with Gasteiger partial charge >= 0.3 is 6.09 Å². The maximum Gasteiger partial charge on any atom is 0.410 e. The lowest BCUT2D eigenvalue weighted by Gasteiger charge is -2.42. The van der Waals surface area contributed by atoms with Gasteiger partial charge in [0.1, 0.15) is 5.60 Å². The lowest BCUT2D eigenvalue weighted by Crippen LogP contribution is -2.52. The summed E-state index contributed by atoms with van der Waals surface area (Å²) in [5.74, 6) is 0. The maximum atomic E-state index is 12.6. The van der Waals surface area contributed by atoms with E-state index in [1.54, 1.807) is 11.0 Å². The fourth-order valence-corrected chi connectivity index (χ4v) is 4.57. The van der Waals surface area contributed by atoms with E-state index in [2.05, 4.69) is 0 Å². The zero-order chi connectivity index (χ0) is 18.6. The summed E-state index contributed by atoms with van der Waals surface area (Å²) in [7, 11) is 0. The highest BCUT2D eigenvalue weighted by molar-refractivity contribution is 6.42. The van der Waals surface area contributed by atoms with Crippen LogP contribution in [0.15, 0.2) is 18.2 Å². The van der Waals surface area contributed by atoms with Crippen LogP contribution in [0, 0.1) is 5.41 Å². The van der Waals surface area contributed by atoms with Crippen LogP contribution in [0.1, 0.15) is 46.1 Å². The third-order valence-electron chi connectivity index (χ3n) is 5.58. The second-order valence-electron chi connectivity index (χ2n) is 8.49. The van der Waals surface area contributed by atoms with Gasteiger partial charge in [-0.15, -0.1) is 0 Å². The van der Waals surface area contributed by atoms with Crippen molar-refractivity contribution in [1.82, 2.24) is 4.90 Å². The van der Waals surface area contributed by atoms with Gasteiger partial charge in [0, 0.05) is 23.4 Å². The molecule has 1 aliphatic carbocycles. The molecule has 1 heterocycles. The summed E-state index contributed by atoms with van der Waals surface area (Å²) in [6.45, 7) is 8.12. The summed E-state index contributed by atoms with van der Waals surface area (Å²) in [6.07, 6.45) is 1.28. The molecule has 1 amide bonds. The van der Waals surface area contributed by atoms with Crippen molar-refractivity contribution in [3.8, 4) is 0 Å². The van der Waals surface area contributed by atoms with Gasteiger partial charge in [0.05, 0.1) is 16.7 Å².